The highest BCUT2D eigenvalue weighted by Gasteiger charge is 2.62. The molecule has 0 amide bonds. The fourth-order valence-corrected chi connectivity index (χ4v) is 1.45. The molecular weight excluding hydrogens is 273 g/mol. The second-order valence-corrected chi connectivity index (χ2v) is 3.71. The monoisotopic (exact) mass is 285 g/mol. The van der Waals surface area contributed by atoms with Crippen molar-refractivity contribution in [2.75, 3.05) is 14.2 Å². The smallest absolute Gasteiger partial charge is 0.455 e. The Balaban J connectivity index is 3.23. The molecule has 3 nitrogen and oxygen atoms in total. The van der Waals surface area contributed by atoms with Crippen LogP contribution < -0.4 is 15.2 Å². The molecular formula is C11H12F5NO2. The van der Waals surface area contributed by atoms with Crippen LogP contribution in [-0.2, 0) is 0 Å². The van der Waals surface area contributed by atoms with Gasteiger partial charge in [0.25, 0.3) is 0 Å². The van der Waals surface area contributed by atoms with Crippen LogP contribution in [0.4, 0.5) is 22.0 Å². The lowest BCUT2D eigenvalue weighted by Gasteiger charge is -2.27. The predicted molar refractivity (Wildman–Crippen MR) is 57.5 cm³/mol. The third kappa shape index (κ3) is 2.89. The topological polar surface area (TPSA) is 44.5 Å². The molecule has 1 aromatic rings. The molecule has 108 valence electrons. The van der Waals surface area contributed by atoms with E-state index in [1.54, 1.807) is 0 Å². The quantitative estimate of drug-likeness (QED) is 0.865. The van der Waals surface area contributed by atoms with Crippen LogP contribution >= 0.6 is 0 Å². The molecule has 19 heavy (non-hydrogen) atoms. The number of nitrogens with two attached hydrogens (primary N) is 1. The molecule has 1 atom stereocenters. The Labute approximate surface area is 106 Å². The van der Waals surface area contributed by atoms with Crippen LogP contribution in [0, 0.1) is 0 Å². The zero-order chi connectivity index (χ0) is 14.8. The standard InChI is InChI=1S/C11H12F5NO2/c1-18-6-3-4-7(8(5-6)19-2)9(17)10(12,13)11(14,15)16/h3-5,9H,17H2,1-2H3. The van der Waals surface area contributed by atoms with E-state index in [4.69, 9.17) is 15.2 Å². The lowest BCUT2D eigenvalue weighted by atomic mass is 9.99. The SMILES string of the molecule is COc1ccc(C(N)C(F)(F)C(F)(F)F)c(OC)c1. The summed E-state index contributed by atoms with van der Waals surface area (Å²) in [7, 11) is 2.45. The Bertz CT molecular complexity index is 447. The van der Waals surface area contributed by atoms with Gasteiger partial charge < -0.3 is 15.2 Å². The fraction of sp³-hybridized carbons (Fsp3) is 0.455. The van der Waals surface area contributed by atoms with Gasteiger partial charge in [0.2, 0.25) is 0 Å². The first-order valence-electron chi connectivity index (χ1n) is 5.07. The van der Waals surface area contributed by atoms with E-state index >= 15 is 0 Å². The molecule has 0 bridgehead atoms. The first kappa shape index (κ1) is 15.5. The molecule has 0 spiro atoms. The Morgan fingerprint density at radius 1 is 1.05 bits per heavy atom. The Hall–Kier alpha value is -1.57. The summed E-state index contributed by atoms with van der Waals surface area (Å²) in [6, 6.07) is 0.863. The summed E-state index contributed by atoms with van der Waals surface area (Å²) in [6.07, 6.45) is -5.74. The second kappa shape index (κ2) is 5.20. The molecule has 0 aromatic heterocycles. The van der Waals surface area contributed by atoms with Crippen LogP contribution in [0.15, 0.2) is 18.2 Å². The van der Waals surface area contributed by atoms with Crippen molar-refractivity contribution in [2.45, 2.75) is 18.1 Å². The Morgan fingerprint density at radius 2 is 1.63 bits per heavy atom. The molecule has 0 saturated carbocycles. The maximum absolute atomic E-state index is 13.2. The van der Waals surface area contributed by atoms with Gasteiger partial charge in [-0.3, -0.25) is 0 Å². The molecule has 0 radical (unpaired) electrons. The number of hydrogen-bond donors (Lipinski definition) is 1. The highest BCUT2D eigenvalue weighted by molar-refractivity contribution is 5.43. The number of methoxy groups -OCH3 is 2. The molecule has 0 saturated heterocycles. The summed E-state index contributed by atoms with van der Waals surface area (Å²) < 4.78 is 72.7. The number of benzene rings is 1. The van der Waals surface area contributed by atoms with Crippen LogP contribution in [0.25, 0.3) is 0 Å². The first-order chi connectivity index (χ1) is 8.65. The van der Waals surface area contributed by atoms with Crippen LogP contribution in [-0.4, -0.2) is 26.3 Å². The van der Waals surface area contributed by atoms with E-state index in [0.717, 1.165) is 13.2 Å². The van der Waals surface area contributed by atoms with Crippen molar-refractivity contribution in [3.05, 3.63) is 23.8 Å². The number of hydrogen-bond acceptors (Lipinski definition) is 3. The van der Waals surface area contributed by atoms with Crippen molar-refractivity contribution >= 4 is 0 Å². The van der Waals surface area contributed by atoms with Gasteiger partial charge >= 0.3 is 12.1 Å². The summed E-state index contributed by atoms with van der Waals surface area (Å²) in [6.45, 7) is 0. The van der Waals surface area contributed by atoms with Crippen molar-refractivity contribution in [1.82, 2.24) is 0 Å². The van der Waals surface area contributed by atoms with Gasteiger partial charge in [-0.2, -0.15) is 22.0 Å². The maximum Gasteiger partial charge on any atom is 0.455 e. The molecule has 0 aliphatic carbocycles. The molecule has 1 aromatic carbocycles. The van der Waals surface area contributed by atoms with Gasteiger partial charge in [0.15, 0.2) is 0 Å². The van der Waals surface area contributed by atoms with Crippen LogP contribution in [0.3, 0.4) is 0 Å². The largest absolute Gasteiger partial charge is 0.497 e. The summed E-state index contributed by atoms with van der Waals surface area (Å²) in [4.78, 5) is 0. The highest BCUT2D eigenvalue weighted by Crippen LogP contribution is 2.45. The minimum absolute atomic E-state index is 0.198. The van der Waals surface area contributed by atoms with Gasteiger partial charge in [-0.05, 0) is 12.1 Å². The van der Waals surface area contributed by atoms with Gasteiger partial charge in [0.05, 0.1) is 14.2 Å². The Morgan fingerprint density at radius 3 is 2.05 bits per heavy atom. The number of rotatable bonds is 4. The van der Waals surface area contributed by atoms with Gasteiger partial charge in [-0.1, -0.05) is 0 Å². The van der Waals surface area contributed by atoms with Gasteiger partial charge in [-0.15, -0.1) is 0 Å². The van der Waals surface area contributed by atoms with E-state index in [0.29, 0.717) is 0 Å². The number of ether oxygens (including phenoxy) is 2. The van der Waals surface area contributed by atoms with E-state index in [-0.39, 0.29) is 11.5 Å². The van der Waals surface area contributed by atoms with Crippen LogP contribution in [0.5, 0.6) is 11.5 Å². The average Bonchev–Trinajstić information content (AvgIpc) is 2.35. The molecule has 0 fully saturated rings. The molecule has 8 heteroatoms. The third-order valence-corrected chi connectivity index (χ3v) is 2.54. The fourth-order valence-electron chi connectivity index (χ4n) is 1.45. The van der Waals surface area contributed by atoms with Crippen molar-refractivity contribution in [3.63, 3.8) is 0 Å². The van der Waals surface area contributed by atoms with Crippen molar-refractivity contribution in [2.24, 2.45) is 5.73 Å². The zero-order valence-corrected chi connectivity index (χ0v) is 10.1. The van der Waals surface area contributed by atoms with Crippen molar-refractivity contribution in [3.8, 4) is 11.5 Å². The average molecular weight is 285 g/mol. The predicted octanol–water partition coefficient (Wildman–Crippen LogP) is 2.90. The van der Waals surface area contributed by atoms with Crippen LogP contribution in [0.2, 0.25) is 0 Å². The van der Waals surface area contributed by atoms with E-state index < -0.39 is 23.7 Å². The Kier molecular flexibility index (Phi) is 4.24. The summed E-state index contributed by atoms with van der Waals surface area (Å²) >= 11 is 0. The lowest BCUT2D eigenvalue weighted by Crippen LogP contribution is -2.45. The van der Waals surface area contributed by atoms with Crippen LogP contribution in [0.1, 0.15) is 11.6 Å². The van der Waals surface area contributed by atoms with E-state index in [2.05, 4.69) is 0 Å². The molecule has 1 rings (SSSR count). The molecule has 2 N–H and O–H groups in total. The van der Waals surface area contributed by atoms with Gasteiger partial charge in [-0.25, -0.2) is 0 Å². The molecule has 0 heterocycles. The summed E-state index contributed by atoms with van der Waals surface area (Å²) in [5.41, 5.74) is 4.58. The first-order valence-corrected chi connectivity index (χ1v) is 5.07. The number of alkyl halides is 5. The van der Waals surface area contributed by atoms with E-state index in [1.165, 1.54) is 19.2 Å². The molecule has 1 unspecified atom stereocenters. The summed E-state index contributed by atoms with van der Waals surface area (Å²) in [5.74, 6) is -5.01. The number of halogens is 5. The minimum atomic E-state index is -5.74. The third-order valence-electron chi connectivity index (χ3n) is 2.54. The van der Waals surface area contributed by atoms with Crippen molar-refractivity contribution < 1.29 is 31.4 Å². The lowest BCUT2D eigenvalue weighted by molar-refractivity contribution is -0.291. The summed E-state index contributed by atoms with van der Waals surface area (Å²) in [5, 5.41) is 0. The normalized spacial score (nSPS) is 14.1. The zero-order valence-electron chi connectivity index (χ0n) is 10.1. The van der Waals surface area contributed by atoms with Gasteiger partial charge in [0, 0.05) is 11.6 Å². The van der Waals surface area contributed by atoms with E-state index in [9.17, 15) is 22.0 Å². The van der Waals surface area contributed by atoms with Crippen molar-refractivity contribution in [1.29, 1.82) is 0 Å². The molecule has 0 aliphatic rings. The molecule has 0 aliphatic heterocycles. The van der Waals surface area contributed by atoms with Gasteiger partial charge in [0.1, 0.15) is 17.5 Å². The highest BCUT2D eigenvalue weighted by atomic mass is 19.4. The maximum atomic E-state index is 13.2. The second-order valence-electron chi connectivity index (χ2n) is 3.71. The van der Waals surface area contributed by atoms with E-state index in [1.807, 2.05) is 0 Å². The minimum Gasteiger partial charge on any atom is -0.497 e.